The van der Waals surface area contributed by atoms with Gasteiger partial charge in [-0.05, 0) is 45.6 Å². The van der Waals surface area contributed by atoms with E-state index in [0.717, 1.165) is 12.0 Å². The highest BCUT2D eigenvalue weighted by Crippen LogP contribution is 2.36. The summed E-state index contributed by atoms with van der Waals surface area (Å²) in [4.78, 5) is 14.1. The molecule has 1 aliphatic heterocycles. The summed E-state index contributed by atoms with van der Waals surface area (Å²) in [6.07, 6.45) is 1.57. The largest absolute Gasteiger partial charge is 0.444 e. The number of amides is 1. The van der Waals surface area contributed by atoms with Crippen LogP contribution in [0.15, 0.2) is 30.3 Å². The maximum absolute atomic E-state index is 12.4. The highest BCUT2D eigenvalue weighted by Gasteiger charge is 2.41. The van der Waals surface area contributed by atoms with E-state index < -0.39 is 26.2 Å². The van der Waals surface area contributed by atoms with Gasteiger partial charge in [0, 0.05) is 29.2 Å². The number of halogens is 1. The predicted octanol–water partition coefficient (Wildman–Crippen LogP) is 3.82. The van der Waals surface area contributed by atoms with E-state index in [0.29, 0.717) is 25.9 Å². The summed E-state index contributed by atoms with van der Waals surface area (Å²) in [6, 6.07) is 9.70. The van der Waals surface area contributed by atoms with E-state index in [-0.39, 0.29) is 5.75 Å². The van der Waals surface area contributed by atoms with Crippen molar-refractivity contribution < 1.29 is 17.9 Å². The van der Waals surface area contributed by atoms with Crippen molar-refractivity contribution in [3.05, 3.63) is 35.9 Å². The Labute approximate surface area is 154 Å². The summed E-state index contributed by atoms with van der Waals surface area (Å²) < 4.78 is 29.1. The summed E-state index contributed by atoms with van der Waals surface area (Å²) >= 11 is 0. The van der Waals surface area contributed by atoms with Crippen LogP contribution in [0.2, 0.25) is 0 Å². The molecule has 1 saturated heterocycles. The monoisotopic (exact) mass is 387 g/mol. The lowest BCUT2D eigenvalue weighted by atomic mass is 9.77. The van der Waals surface area contributed by atoms with Gasteiger partial charge in [-0.2, -0.15) is 0 Å². The maximum atomic E-state index is 12.4. The smallest absolute Gasteiger partial charge is 0.410 e. The van der Waals surface area contributed by atoms with E-state index in [1.165, 1.54) is 0 Å². The van der Waals surface area contributed by atoms with Gasteiger partial charge in [0.15, 0.2) is 0 Å². The van der Waals surface area contributed by atoms with Crippen LogP contribution >= 0.6 is 10.7 Å². The first kappa shape index (κ1) is 20.0. The molecule has 1 aliphatic rings. The third kappa shape index (κ3) is 6.51. The first-order chi connectivity index (χ1) is 11.5. The van der Waals surface area contributed by atoms with E-state index in [2.05, 4.69) is 0 Å². The van der Waals surface area contributed by atoms with Gasteiger partial charge in [0.05, 0.1) is 5.75 Å². The molecule has 1 amide bonds. The van der Waals surface area contributed by atoms with Gasteiger partial charge in [-0.25, -0.2) is 13.2 Å². The highest BCUT2D eigenvalue weighted by atomic mass is 35.7. The van der Waals surface area contributed by atoms with Gasteiger partial charge in [-0.15, -0.1) is 0 Å². The number of hydrogen-bond acceptors (Lipinski definition) is 4. The fourth-order valence-corrected chi connectivity index (χ4v) is 5.16. The van der Waals surface area contributed by atoms with E-state index in [9.17, 15) is 13.2 Å². The molecule has 0 saturated carbocycles. The number of nitrogens with zero attached hydrogens (tertiary/aromatic N) is 1. The zero-order valence-electron chi connectivity index (χ0n) is 15.0. The molecule has 0 aromatic heterocycles. The third-order valence-corrected chi connectivity index (χ3v) is 5.50. The fourth-order valence-electron chi connectivity index (χ4n) is 3.40. The molecule has 1 atom stereocenters. The second kappa shape index (κ2) is 7.54. The number of likely N-dealkylation sites (tertiary alicyclic amines) is 1. The van der Waals surface area contributed by atoms with Crippen molar-refractivity contribution in [2.45, 2.75) is 45.6 Å². The molecule has 1 aromatic rings. The highest BCUT2D eigenvalue weighted by molar-refractivity contribution is 8.13. The number of piperidine rings is 1. The second-order valence-electron chi connectivity index (χ2n) is 7.85. The topological polar surface area (TPSA) is 63.7 Å². The Bertz CT molecular complexity index is 700. The first-order valence-electron chi connectivity index (χ1n) is 8.42. The zero-order valence-corrected chi connectivity index (χ0v) is 16.6. The van der Waals surface area contributed by atoms with Gasteiger partial charge in [-0.3, -0.25) is 0 Å². The molecule has 1 heterocycles. The zero-order chi connectivity index (χ0) is 18.7. The van der Waals surface area contributed by atoms with Crippen LogP contribution < -0.4 is 0 Å². The van der Waals surface area contributed by atoms with E-state index >= 15 is 0 Å². The van der Waals surface area contributed by atoms with Crippen molar-refractivity contribution in [2.24, 2.45) is 5.41 Å². The van der Waals surface area contributed by atoms with Crippen molar-refractivity contribution in [1.29, 1.82) is 0 Å². The van der Waals surface area contributed by atoms with Crippen LogP contribution in [0.4, 0.5) is 4.79 Å². The lowest BCUT2D eigenvalue weighted by molar-refractivity contribution is 0.00717. The van der Waals surface area contributed by atoms with Crippen LogP contribution in [0.3, 0.4) is 0 Å². The molecule has 7 heteroatoms. The molecule has 0 N–H and O–H groups in total. The minimum absolute atomic E-state index is 0.157. The molecular weight excluding hydrogens is 362 g/mol. The molecule has 0 spiro atoms. The van der Waals surface area contributed by atoms with Crippen molar-refractivity contribution in [1.82, 2.24) is 4.90 Å². The minimum atomic E-state index is -3.69. The second-order valence-corrected chi connectivity index (χ2v) is 10.6. The third-order valence-electron chi connectivity index (χ3n) is 4.21. The average molecular weight is 388 g/mol. The minimum Gasteiger partial charge on any atom is -0.444 e. The molecular formula is C18H26ClNO4S. The quantitative estimate of drug-likeness (QED) is 0.737. The summed E-state index contributed by atoms with van der Waals surface area (Å²) in [5, 5.41) is 0. The molecule has 0 radical (unpaired) electrons. The molecule has 1 fully saturated rings. The van der Waals surface area contributed by atoms with Gasteiger partial charge in [0.1, 0.15) is 5.60 Å². The Morgan fingerprint density at radius 1 is 1.28 bits per heavy atom. The Hall–Kier alpha value is -1.27. The van der Waals surface area contributed by atoms with Gasteiger partial charge in [-0.1, -0.05) is 30.3 Å². The molecule has 0 aliphatic carbocycles. The van der Waals surface area contributed by atoms with Gasteiger partial charge in [0.2, 0.25) is 9.05 Å². The number of carbonyl (C=O) groups is 1. The number of hydrogen-bond donors (Lipinski definition) is 0. The first-order valence-corrected chi connectivity index (χ1v) is 10.9. The average Bonchev–Trinajstić information content (AvgIpc) is 2.44. The molecule has 140 valence electrons. The van der Waals surface area contributed by atoms with Crippen LogP contribution in [-0.4, -0.2) is 43.9 Å². The van der Waals surface area contributed by atoms with Crippen LogP contribution in [-0.2, 0) is 20.2 Å². The lowest BCUT2D eigenvalue weighted by Crippen LogP contribution is -2.50. The Balaban J connectivity index is 2.24. The van der Waals surface area contributed by atoms with Crippen molar-refractivity contribution in [3.63, 3.8) is 0 Å². The van der Waals surface area contributed by atoms with Gasteiger partial charge >= 0.3 is 6.09 Å². The van der Waals surface area contributed by atoms with Crippen LogP contribution in [0.25, 0.3) is 0 Å². The van der Waals surface area contributed by atoms with Gasteiger partial charge < -0.3 is 9.64 Å². The summed E-state index contributed by atoms with van der Waals surface area (Å²) in [5.74, 6) is -0.157. The van der Waals surface area contributed by atoms with Crippen LogP contribution in [0.5, 0.6) is 0 Å². The molecule has 5 nitrogen and oxygen atoms in total. The van der Waals surface area contributed by atoms with E-state index in [1.54, 1.807) is 4.90 Å². The Kier molecular flexibility index (Phi) is 6.05. The Morgan fingerprint density at radius 3 is 2.48 bits per heavy atom. The number of carbonyl (C=O) groups excluding carboxylic acids is 1. The van der Waals surface area contributed by atoms with Crippen LogP contribution in [0, 0.1) is 5.41 Å². The van der Waals surface area contributed by atoms with E-state index in [1.807, 2.05) is 51.1 Å². The van der Waals surface area contributed by atoms with Crippen LogP contribution in [0.1, 0.15) is 39.2 Å². The van der Waals surface area contributed by atoms with Crippen molar-refractivity contribution >= 4 is 25.8 Å². The number of ether oxygens (including phenoxy) is 1. The molecule has 0 bridgehead atoms. The molecule has 1 unspecified atom stereocenters. The van der Waals surface area contributed by atoms with E-state index in [4.69, 9.17) is 15.4 Å². The lowest BCUT2D eigenvalue weighted by Gasteiger charge is -2.42. The van der Waals surface area contributed by atoms with Gasteiger partial charge in [0.25, 0.3) is 0 Å². The maximum Gasteiger partial charge on any atom is 0.410 e. The summed E-state index contributed by atoms with van der Waals surface area (Å²) in [7, 11) is 1.90. The molecule has 2 rings (SSSR count). The predicted molar refractivity (Wildman–Crippen MR) is 99.3 cm³/mol. The molecule has 1 aromatic carbocycles. The summed E-state index contributed by atoms with van der Waals surface area (Å²) in [5.41, 5.74) is -0.152. The number of rotatable bonds is 4. The number of benzene rings is 1. The van der Waals surface area contributed by atoms with Crippen molar-refractivity contribution in [3.8, 4) is 0 Å². The Morgan fingerprint density at radius 2 is 1.92 bits per heavy atom. The fraction of sp³-hybridized carbons (Fsp3) is 0.611. The summed E-state index contributed by atoms with van der Waals surface area (Å²) in [6.45, 7) is 6.33. The standard InChI is InChI=1S/C18H26ClNO4S/c1-17(2,3)24-16(21)20-11-7-10-18(13-20,14-25(19,22)23)12-15-8-5-4-6-9-15/h4-6,8-9H,7,10-14H2,1-3H3. The van der Waals surface area contributed by atoms with Crippen molar-refractivity contribution in [2.75, 3.05) is 18.8 Å². The molecule has 25 heavy (non-hydrogen) atoms. The normalized spacial score (nSPS) is 21.8. The SMILES string of the molecule is CC(C)(C)OC(=O)N1CCCC(Cc2ccccc2)(CS(=O)(=O)Cl)C1.